The minimum Gasteiger partial charge on any atom is -0.368 e. The summed E-state index contributed by atoms with van der Waals surface area (Å²) in [6, 6.07) is 31.5. The number of benzene rings is 4. The second kappa shape index (κ2) is 11.0. The number of sulfonamides is 1. The van der Waals surface area contributed by atoms with E-state index in [1.807, 2.05) is 67.6 Å². The van der Waals surface area contributed by atoms with Crippen LogP contribution in [0.15, 0.2) is 118 Å². The maximum absolute atomic E-state index is 13.4. The zero-order valence-corrected chi connectivity index (χ0v) is 20.4. The molecule has 7 nitrogen and oxygen atoms in total. The fourth-order valence-corrected chi connectivity index (χ4v) is 4.82. The summed E-state index contributed by atoms with van der Waals surface area (Å²) in [5, 5.41) is 14.4. The quantitative estimate of drug-likeness (QED) is 0.147. The smallest absolute Gasteiger partial charge is 0.283 e. The summed E-state index contributed by atoms with van der Waals surface area (Å²) < 4.78 is 31.0. The molecule has 4 rings (SSSR count). The zero-order chi connectivity index (χ0) is 25.5. The summed E-state index contributed by atoms with van der Waals surface area (Å²) in [6.45, 7) is 2.23. The van der Waals surface area contributed by atoms with E-state index >= 15 is 0 Å². The van der Waals surface area contributed by atoms with Gasteiger partial charge in [-0.05, 0) is 35.7 Å². The van der Waals surface area contributed by atoms with Gasteiger partial charge in [0.25, 0.3) is 15.7 Å². The first kappa shape index (κ1) is 24.8. The summed E-state index contributed by atoms with van der Waals surface area (Å²) in [5.74, 6) is -0.379. The molecule has 8 heteroatoms. The topological polar surface area (TPSA) is 102 Å². The van der Waals surface area contributed by atoms with E-state index in [2.05, 4.69) is 9.71 Å². The molecular weight excluding hydrogens is 474 g/mol. The Kier molecular flexibility index (Phi) is 7.56. The highest BCUT2D eigenvalue weighted by Crippen LogP contribution is 2.29. The van der Waals surface area contributed by atoms with Crippen LogP contribution in [-0.2, 0) is 16.6 Å². The van der Waals surface area contributed by atoms with Crippen molar-refractivity contribution in [3.63, 3.8) is 0 Å². The molecule has 0 saturated carbocycles. The van der Waals surface area contributed by atoms with E-state index in [0.29, 0.717) is 12.1 Å². The first-order valence-electron chi connectivity index (χ1n) is 11.3. The second-order valence-corrected chi connectivity index (χ2v) is 9.90. The monoisotopic (exact) mass is 499 g/mol. The number of non-ortho nitro benzene ring substituents is 1. The van der Waals surface area contributed by atoms with Gasteiger partial charge in [0, 0.05) is 18.7 Å². The highest BCUT2D eigenvalue weighted by atomic mass is 32.2. The van der Waals surface area contributed by atoms with E-state index in [-0.39, 0.29) is 16.4 Å². The molecule has 0 radical (unpaired) electrons. The van der Waals surface area contributed by atoms with Gasteiger partial charge in [-0.3, -0.25) is 10.1 Å². The Hall–Kier alpha value is -4.30. The molecule has 0 amide bonds. The van der Waals surface area contributed by atoms with Crippen molar-refractivity contribution in [1.82, 2.24) is 5.32 Å². The Morgan fingerprint density at radius 2 is 1.39 bits per heavy atom. The molecule has 1 atom stereocenters. The molecule has 0 spiro atoms. The lowest BCUT2D eigenvalue weighted by molar-refractivity contribution is -0.384. The van der Waals surface area contributed by atoms with Crippen LogP contribution in [0.3, 0.4) is 0 Å². The standard InChI is InChI=1S/C28H25N3O4S/c1-21-12-18-26(19-13-21)36(34,35)30-28(29-20-22-8-4-2-5-9-22)27(23-10-6-3-7-11-23)24-14-16-25(17-15-24)31(32)33/h2-19,27H,20H2,1H3,(H,29,30). The lowest BCUT2D eigenvalue weighted by atomic mass is 9.90. The number of aryl methyl sites for hydroxylation is 1. The number of nitrogens with one attached hydrogen (secondary N) is 1. The fraction of sp³-hybridized carbons (Fsp3) is 0.107. The first-order chi connectivity index (χ1) is 17.3. The van der Waals surface area contributed by atoms with Crippen LogP contribution in [0.1, 0.15) is 28.2 Å². The third kappa shape index (κ3) is 6.03. The molecule has 4 aromatic rings. The summed E-state index contributed by atoms with van der Waals surface area (Å²) in [7, 11) is -4.05. The summed E-state index contributed by atoms with van der Waals surface area (Å²) >= 11 is 0. The average molecular weight is 500 g/mol. The Balaban J connectivity index is 1.84. The maximum atomic E-state index is 13.4. The van der Waals surface area contributed by atoms with E-state index in [1.165, 1.54) is 24.3 Å². The number of nitrogens with zero attached hydrogens (tertiary/aromatic N) is 2. The predicted octanol–water partition coefficient (Wildman–Crippen LogP) is 5.61. The Labute approximate surface area is 210 Å². The van der Waals surface area contributed by atoms with Gasteiger partial charge < -0.3 is 5.32 Å². The molecule has 0 saturated heterocycles. The minimum atomic E-state index is -4.05. The third-order valence-electron chi connectivity index (χ3n) is 5.70. The van der Waals surface area contributed by atoms with Gasteiger partial charge in [0.1, 0.15) is 5.84 Å². The van der Waals surface area contributed by atoms with Crippen LogP contribution in [0, 0.1) is 17.0 Å². The van der Waals surface area contributed by atoms with Crippen molar-refractivity contribution in [2.45, 2.75) is 24.3 Å². The van der Waals surface area contributed by atoms with Crippen LogP contribution in [0.5, 0.6) is 0 Å². The largest absolute Gasteiger partial charge is 0.368 e. The number of nitro groups is 1. The van der Waals surface area contributed by atoms with Gasteiger partial charge in [-0.1, -0.05) is 90.5 Å². The highest BCUT2D eigenvalue weighted by Gasteiger charge is 2.25. The molecule has 0 aliphatic rings. The first-order valence-corrected chi connectivity index (χ1v) is 12.8. The van der Waals surface area contributed by atoms with Crippen LogP contribution in [-0.4, -0.2) is 19.2 Å². The van der Waals surface area contributed by atoms with E-state index in [9.17, 15) is 18.5 Å². The number of amidine groups is 1. The lowest BCUT2D eigenvalue weighted by Crippen LogP contribution is -2.31. The molecule has 0 heterocycles. The lowest BCUT2D eigenvalue weighted by Gasteiger charge is -2.22. The maximum Gasteiger partial charge on any atom is 0.283 e. The Bertz CT molecular complexity index is 1450. The van der Waals surface area contributed by atoms with Gasteiger partial charge in [-0.25, -0.2) is 0 Å². The predicted molar refractivity (Wildman–Crippen MR) is 140 cm³/mol. The number of rotatable bonds is 8. The SMILES string of the molecule is Cc1ccc(S(=O)(=O)N=C(NCc2ccccc2)C(c2ccccc2)c2ccc([N+](=O)[O-])cc2)cc1. The molecule has 36 heavy (non-hydrogen) atoms. The second-order valence-electron chi connectivity index (χ2n) is 8.30. The minimum absolute atomic E-state index is 0.0476. The summed E-state index contributed by atoms with van der Waals surface area (Å²) in [4.78, 5) is 10.8. The van der Waals surface area contributed by atoms with Gasteiger partial charge in [0.15, 0.2) is 0 Å². The van der Waals surface area contributed by atoms with Crippen molar-refractivity contribution in [3.05, 3.63) is 142 Å². The van der Waals surface area contributed by atoms with Crippen LogP contribution in [0.4, 0.5) is 5.69 Å². The van der Waals surface area contributed by atoms with Crippen LogP contribution in [0.2, 0.25) is 0 Å². The van der Waals surface area contributed by atoms with Crippen LogP contribution >= 0.6 is 0 Å². The summed E-state index contributed by atoms with van der Waals surface area (Å²) in [5.41, 5.74) is 3.31. The van der Waals surface area contributed by atoms with Gasteiger partial charge in [-0.15, -0.1) is 4.40 Å². The number of hydrogen-bond donors (Lipinski definition) is 1. The van der Waals surface area contributed by atoms with Gasteiger partial charge in [-0.2, -0.15) is 8.42 Å². The van der Waals surface area contributed by atoms with Crippen molar-refractivity contribution < 1.29 is 13.3 Å². The average Bonchev–Trinajstić information content (AvgIpc) is 2.89. The highest BCUT2D eigenvalue weighted by molar-refractivity contribution is 7.90. The van der Waals surface area contributed by atoms with Gasteiger partial charge in [0.05, 0.1) is 15.7 Å². The number of nitro benzene ring substituents is 1. The van der Waals surface area contributed by atoms with E-state index < -0.39 is 20.9 Å². The molecule has 1 unspecified atom stereocenters. The van der Waals surface area contributed by atoms with Crippen molar-refractivity contribution in [1.29, 1.82) is 0 Å². The van der Waals surface area contributed by atoms with Gasteiger partial charge in [0.2, 0.25) is 0 Å². The molecular formula is C28H25N3O4S. The van der Waals surface area contributed by atoms with Crippen LogP contribution in [0.25, 0.3) is 0 Å². The number of hydrogen-bond acceptors (Lipinski definition) is 4. The summed E-state index contributed by atoms with van der Waals surface area (Å²) in [6.07, 6.45) is 0. The van der Waals surface area contributed by atoms with E-state index in [0.717, 1.165) is 16.7 Å². The molecule has 0 aromatic heterocycles. The Morgan fingerprint density at radius 3 is 1.97 bits per heavy atom. The molecule has 0 aliphatic heterocycles. The molecule has 182 valence electrons. The molecule has 0 fully saturated rings. The molecule has 4 aromatic carbocycles. The van der Waals surface area contributed by atoms with Crippen molar-refractivity contribution >= 4 is 21.5 Å². The zero-order valence-electron chi connectivity index (χ0n) is 19.6. The molecule has 0 aliphatic carbocycles. The van der Waals surface area contributed by atoms with Crippen molar-refractivity contribution in [2.24, 2.45) is 4.40 Å². The third-order valence-corrected chi connectivity index (χ3v) is 7.00. The van der Waals surface area contributed by atoms with Crippen LogP contribution < -0.4 is 5.32 Å². The van der Waals surface area contributed by atoms with Crippen molar-refractivity contribution in [3.8, 4) is 0 Å². The fourth-order valence-electron chi connectivity index (χ4n) is 3.81. The molecule has 0 bridgehead atoms. The van der Waals surface area contributed by atoms with Gasteiger partial charge >= 0.3 is 0 Å². The normalized spacial score (nSPS) is 12.6. The van der Waals surface area contributed by atoms with E-state index in [4.69, 9.17) is 0 Å². The van der Waals surface area contributed by atoms with E-state index in [1.54, 1.807) is 24.3 Å². The van der Waals surface area contributed by atoms with Crippen molar-refractivity contribution in [2.75, 3.05) is 0 Å². The molecule has 1 N–H and O–H groups in total. The Morgan fingerprint density at radius 1 is 0.833 bits per heavy atom.